The molecule has 0 saturated heterocycles. The first-order chi connectivity index (χ1) is 36.3. The van der Waals surface area contributed by atoms with Crippen LogP contribution in [0, 0.1) is 23.7 Å². The number of fused-ring (bicyclic) bond motifs is 8. The number of unbranched alkanes of at least 4 members (excludes halogenated alkanes) is 4. The molecule has 4 aromatic heterocycles. The van der Waals surface area contributed by atoms with E-state index in [1.165, 1.54) is 124 Å². The third-order valence-corrected chi connectivity index (χ3v) is 23.2. The van der Waals surface area contributed by atoms with Gasteiger partial charge in [0.25, 0.3) is 23.6 Å². The molecule has 8 rings (SSSR count). The number of carbonyl (C=O) groups is 4. The quantitative estimate of drug-likeness (QED) is 0.0507. The molecule has 412 valence electrons. The van der Waals surface area contributed by atoms with E-state index in [0.29, 0.717) is 56.9 Å². The number of hydrogen-bond donors (Lipinski definition) is 0. The molecule has 0 fully saturated rings. The summed E-state index contributed by atoms with van der Waals surface area (Å²) in [5, 5.41) is 5.10. The van der Waals surface area contributed by atoms with Crippen molar-refractivity contribution in [3.05, 3.63) is 67.4 Å². The van der Waals surface area contributed by atoms with Gasteiger partial charge in [-0.25, -0.2) is 0 Å². The van der Waals surface area contributed by atoms with E-state index in [1.54, 1.807) is 11.3 Å². The Morgan fingerprint density at radius 3 is 1.25 bits per heavy atom. The number of rotatable bonds is 26. The molecule has 6 nitrogen and oxygen atoms in total. The van der Waals surface area contributed by atoms with E-state index >= 15 is 14.4 Å². The van der Waals surface area contributed by atoms with Crippen LogP contribution in [0.4, 0.5) is 0 Å². The highest BCUT2D eigenvalue weighted by Gasteiger charge is 2.49. The normalized spacial score (nSPS) is 15.9. The van der Waals surface area contributed by atoms with Gasteiger partial charge in [-0.2, -0.15) is 0 Å². The summed E-state index contributed by atoms with van der Waals surface area (Å²) >= 11 is 6.63. The van der Waals surface area contributed by atoms with Crippen LogP contribution in [0.5, 0.6) is 0 Å². The Balaban J connectivity index is 1.39. The highest BCUT2D eigenvalue weighted by atomic mass is 32.1. The molecule has 2 aromatic carbocycles. The van der Waals surface area contributed by atoms with Crippen LogP contribution in [0.1, 0.15) is 262 Å². The predicted molar refractivity (Wildman–Crippen MR) is 330 cm³/mol. The van der Waals surface area contributed by atoms with Gasteiger partial charge in [-0.15, -0.1) is 45.3 Å². The van der Waals surface area contributed by atoms with E-state index in [-0.39, 0.29) is 40.9 Å². The second kappa shape index (κ2) is 24.3. The molecule has 0 radical (unpaired) electrons. The van der Waals surface area contributed by atoms with Crippen LogP contribution in [-0.2, 0) is 23.7 Å². The number of benzene rings is 2. The predicted octanol–water partition coefficient (Wildman–Crippen LogP) is 20.5. The molecule has 4 unspecified atom stereocenters. The Morgan fingerprint density at radius 1 is 0.421 bits per heavy atom. The first-order valence-corrected chi connectivity index (χ1v) is 33.1. The van der Waals surface area contributed by atoms with Crippen LogP contribution in [0.15, 0.2) is 24.3 Å². The summed E-state index contributed by atoms with van der Waals surface area (Å²) in [5.41, 5.74) is 4.27. The van der Waals surface area contributed by atoms with E-state index in [9.17, 15) is 4.79 Å². The summed E-state index contributed by atoms with van der Waals surface area (Å²) < 4.78 is 2.51. The summed E-state index contributed by atoms with van der Waals surface area (Å²) in [6.07, 6.45) is 19.8. The molecule has 0 N–H and O–H groups in total. The lowest BCUT2D eigenvalue weighted by Gasteiger charge is -2.23. The topological polar surface area (TPSA) is 74.8 Å². The monoisotopic (exact) mass is 1100 g/mol. The maximum Gasteiger partial charge on any atom is 0.263 e. The molecule has 10 heteroatoms. The van der Waals surface area contributed by atoms with Crippen LogP contribution in [-0.4, -0.2) is 46.5 Å². The highest BCUT2D eigenvalue weighted by Crippen LogP contribution is 2.56. The fraction of sp³-hybridized carbons (Fsp3) is 0.606. The number of thiophene rings is 4. The molecular formula is C66H90N2O4S4. The molecule has 0 bridgehead atoms. The number of nitrogens with zero attached hydrogens (tertiary/aromatic N) is 2. The van der Waals surface area contributed by atoms with Gasteiger partial charge in [0, 0.05) is 38.5 Å². The molecule has 6 aromatic rings. The summed E-state index contributed by atoms with van der Waals surface area (Å²) in [5.74, 6) is 0.644. The second-order valence-corrected chi connectivity index (χ2v) is 29.1. The average Bonchev–Trinajstić information content (AvgIpc) is 4.34. The number of hydrogen-bond acceptors (Lipinski definition) is 8. The van der Waals surface area contributed by atoms with E-state index in [4.69, 9.17) is 0 Å². The number of carbonyl (C=O) groups excluding carboxylic acids is 4. The average molecular weight is 1100 g/mol. The van der Waals surface area contributed by atoms with Gasteiger partial charge in [0.15, 0.2) is 0 Å². The fourth-order valence-corrected chi connectivity index (χ4v) is 17.6. The van der Waals surface area contributed by atoms with Crippen molar-refractivity contribution in [2.75, 3.05) is 13.1 Å². The number of amides is 4. The molecular weight excluding hydrogens is 1010 g/mol. The summed E-state index contributed by atoms with van der Waals surface area (Å²) in [6, 6.07) is 9.97. The van der Waals surface area contributed by atoms with Gasteiger partial charge in [-0.3, -0.25) is 29.0 Å². The SMILES string of the molecule is CCCCC(CC)Cc1cc2c(cc1CC(CC)CCCC)c1cc(C(C)(C)C)sc1c1sc(-c3sc(-c4sc(C(C)(C)C)c5c4C(=O)N(CC(CC)CCCC)C5=O)c4c3C(=O)N(CC(CC)CCCC)C4=O)cc21. The van der Waals surface area contributed by atoms with Gasteiger partial charge in [0.05, 0.1) is 46.3 Å². The second-order valence-electron chi connectivity index (χ2n) is 24.9. The Morgan fingerprint density at radius 2 is 0.816 bits per heavy atom. The minimum absolute atomic E-state index is 0.0479. The van der Waals surface area contributed by atoms with Gasteiger partial charge >= 0.3 is 0 Å². The van der Waals surface area contributed by atoms with Gasteiger partial charge in [0.2, 0.25) is 0 Å². The van der Waals surface area contributed by atoms with Crippen molar-refractivity contribution in [3.8, 4) is 19.5 Å². The number of imide groups is 2. The van der Waals surface area contributed by atoms with Crippen molar-refractivity contribution in [1.82, 2.24) is 9.80 Å². The molecule has 0 saturated carbocycles. The van der Waals surface area contributed by atoms with Crippen LogP contribution < -0.4 is 0 Å². The third-order valence-electron chi connectivity index (χ3n) is 17.2. The van der Waals surface area contributed by atoms with Gasteiger partial charge in [-0.1, -0.05) is 199 Å². The lowest BCUT2D eigenvalue weighted by Crippen LogP contribution is -2.35. The van der Waals surface area contributed by atoms with Crippen molar-refractivity contribution in [2.24, 2.45) is 23.7 Å². The molecule has 6 heterocycles. The lowest BCUT2D eigenvalue weighted by atomic mass is 9.83. The van der Waals surface area contributed by atoms with E-state index in [0.717, 1.165) is 85.3 Å². The van der Waals surface area contributed by atoms with Crippen molar-refractivity contribution in [3.63, 3.8) is 0 Å². The smallest absolute Gasteiger partial charge is 0.263 e. The van der Waals surface area contributed by atoms with Crippen molar-refractivity contribution in [1.29, 1.82) is 0 Å². The molecule has 4 atom stereocenters. The van der Waals surface area contributed by atoms with E-state index < -0.39 is 5.41 Å². The van der Waals surface area contributed by atoms with Gasteiger partial charge in [0.1, 0.15) is 0 Å². The van der Waals surface area contributed by atoms with Crippen molar-refractivity contribution >= 4 is 99.9 Å². The van der Waals surface area contributed by atoms with E-state index in [2.05, 4.69) is 121 Å². The first-order valence-electron chi connectivity index (χ1n) is 29.8. The largest absolute Gasteiger partial charge is 0.274 e. The third kappa shape index (κ3) is 11.4. The van der Waals surface area contributed by atoms with E-state index in [1.807, 2.05) is 11.3 Å². The minimum atomic E-state index is -0.447. The van der Waals surface area contributed by atoms with Crippen LogP contribution in [0.3, 0.4) is 0 Å². The fourth-order valence-electron chi connectivity index (χ4n) is 12.1. The standard InChI is InChI=1S/C66H90N2O4S4/c1-15-23-27-39(19-5)31-43-33-45-46(34-44(43)32-40(20-6)28-24-16-2)48-36-50(65(9,10)11)74-56(48)55-47(45)35-49(73-55)57-51-52(62(70)67(61(51)69)37-41(21-7)29-25-17-3)58(75-57)59-53-54(60(76-59)66(12,13)14)64(72)68(63(53)71)38-42(22-8)30-26-18-4/h33-36,39-42H,15-32,37-38H2,1-14H3. The Hall–Kier alpha value is -3.70. The van der Waals surface area contributed by atoms with Crippen LogP contribution in [0.25, 0.3) is 50.5 Å². The Bertz CT molecular complexity index is 3090. The summed E-state index contributed by atoms with van der Waals surface area (Å²) in [7, 11) is 0. The first kappa shape index (κ1) is 58.4. The maximum absolute atomic E-state index is 15.4. The zero-order valence-electron chi connectivity index (χ0n) is 48.9. The highest BCUT2D eigenvalue weighted by molar-refractivity contribution is 7.32. The molecule has 2 aliphatic heterocycles. The van der Waals surface area contributed by atoms with Crippen LogP contribution in [0.2, 0.25) is 0 Å². The zero-order chi connectivity index (χ0) is 55.0. The van der Waals surface area contributed by atoms with Crippen LogP contribution >= 0.6 is 45.3 Å². The molecule has 4 amide bonds. The zero-order valence-corrected chi connectivity index (χ0v) is 52.2. The summed E-state index contributed by atoms with van der Waals surface area (Å²) in [4.78, 5) is 68.9. The minimum Gasteiger partial charge on any atom is -0.274 e. The molecule has 2 aliphatic rings. The maximum atomic E-state index is 15.4. The van der Waals surface area contributed by atoms with Crippen molar-refractivity contribution < 1.29 is 19.2 Å². The van der Waals surface area contributed by atoms with Crippen molar-refractivity contribution in [2.45, 2.75) is 223 Å². The molecule has 76 heavy (non-hydrogen) atoms. The molecule has 0 aliphatic carbocycles. The summed E-state index contributed by atoms with van der Waals surface area (Å²) in [6.45, 7) is 32.1. The van der Waals surface area contributed by atoms with Gasteiger partial charge < -0.3 is 0 Å². The Kier molecular flexibility index (Phi) is 18.7. The molecule has 0 spiro atoms. The van der Waals surface area contributed by atoms with Gasteiger partial charge in [-0.05, 0) is 94.2 Å². The lowest BCUT2D eigenvalue weighted by molar-refractivity contribution is 0.0608. The Labute approximate surface area is 472 Å².